The SMILES string of the molecule is O=C1\C=C/C=C\C=C/c2ccccc2ON=N1. The molecular weight excluding hydrogens is 216 g/mol. The van der Waals surface area contributed by atoms with Gasteiger partial charge in [0.05, 0.1) is 0 Å². The van der Waals surface area contributed by atoms with Gasteiger partial charge in [0.2, 0.25) is 0 Å². The molecule has 0 fully saturated rings. The summed E-state index contributed by atoms with van der Waals surface area (Å²) in [6, 6.07) is 7.36. The fourth-order valence-corrected chi connectivity index (χ4v) is 1.26. The van der Waals surface area contributed by atoms with Crippen molar-refractivity contribution < 1.29 is 9.63 Å². The van der Waals surface area contributed by atoms with Crippen LogP contribution in [0.4, 0.5) is 0 Å². The number of carbonyl (C=O) groups excluding carboxylic acids is 1. The first-order valence-corrected chi connectivity index (χ1v) is 5.09. The number of carbonyl (C=O) groups is 1. The third kappa shape index (κ3) is 3.24. The summed E-state index contributed by atoms with van der Waals surface area (Å²) in [5, 5.41) is 6.77. The molecule has 17 heavy (non-hydrogen) atoms. The van der Waals surface area contributed by atoms with Crippen molar-refractivity contribution in [3.05, 3.63) is 60.2 Å². The highest BCUT2D eigenvalue weighted by Gasteiger charge is 1.99. The second-order valence-corrected chi connectivity index (χ2v) is 3.25. The normalized spacial score (nSPS) is 20.4. The van der Waals surface area contributed by atoms with Crippen LogP contribution in [0.3, 0.4) is 0 Å². The smallest absolute Gasteiger partial charge is 0.291 e. The van der Waals surface area contributed by atoms with Crippen molar-refractivity contribution in [2.45, 2.75) is 0 Å². The maximum absolute atomic E-state index is 11.1. The largest absolute Gasteiger partial charge is 0.339 e. The highest BCUT2D eigenvalue weighted by atomic mass is 16.6. The minimum atomic E-state index is -0.461. The van der Waals surface area contributed by atoms with Crippen LogP contribution in [0.15, 0.2) is 65.0 Å². The van der Waals surface area contributed by atoms with E-state index in [1.54, 1.807) is 18.2 Å². The Morgan fingerprint density at radius 2 is 1.71 bits per heavy atom. The van der Waals surface area contributed by atoms with Gasteiger partial charge in [0.15, 0.2) is 5.75 Å². The molecule has 0 radical (unpaired) electrons. The Morgan fingerprint density at radius 3 is 2.59 bits per heavy atom. The highest BCUT2D eigenvalue weighted by Crippen LogP contribution is 2.19. The molecule has 0 saturated heterocycles. The maximum atomic E-state index is 11.1. The zero-order chi connectivity index (χ0) is 11.9. The summed E-state index contributed by atoms with van der Waals surface area (Å²) >= 11 is 0. The Labute approximate surface area is 98.6 Å². The van der Waals surface area contributed by atoms with E-state index >= 15 is 0 Å². The van der Waals surface area contributed by atoms with Gasteiger partial charge in [-0.2, -0.15) is 0 Å². The number of amides is 1. The summed E-state index contributed by atoms with van der Waals surface area (Å²) in [5.41, 5.74) is 0.869. The van der Waals surface area contributed by atoms with Crippen LogP contribution in [0.5, 0.6) is 5.75 Å². The average molecular weight is 226 g/mol. The third-order valence-electron chi connectivity index (χ3n) is 2.05. The van der Waals surface area contributed by atoms with Gasteiger partial charge >= 0.3 is 0 Å². The molecule has 4 nitrogen and oxygen atoms in total. The van der Waals surface area contributed by atoms with Gasteiger partial charge in [-0.05, 0) is 6.07 Å². The molecule has 0 bridgehead atoms. The topological polar surface area (TPSA) is 51.0 Å². The van der Waals surface area contributed by atoms with Crippen molar-refractivity contribution in [2.75, 3.05) is 0 Å². The quantitative estimate of drug-likeness (QED) is 0.682. The predicted octanol–water partition coefficient (Wildman–Crippen LogP) is 3.10. The van der Waals surface area contributed by atoms with Gasteiger partial charge in [-0.15, -0.1) is 0 Å². The van der Waals surface area contributed by atoms with Crippen LogP contribution >= 0.6 is 0 Å². The third-order valence-corrected chi connectivity index (χ3v) is 2.05. The van der Waals surface area contributed by atoms with Gasteiger partial charge in [-0.3, -0.25) is 4.79 Å². The van der Waals surface area contributed by atoms with E-state index in [2.05, 4.69) is 10.4 Å². The van der Waals surface area contributed by atoms with E-state index in [0.29, 0.717) is 5.75 Å². The fraction of sp³-hybridized carbons (Fsp3) is 0. The van der Waals surface area contributed by atoms with Crippen LogP contribution in [0.1, 0.15) is 5.56 Å². The molecule has 0 spiro atoms. The monoisotopic (exact) mass is 226 g/mol. The zero-order valence-electron chi connectivity index (χ0n) is 8.98. The molecular formula is C13H10N2O2. The molecule has 1 amide bonds. The van der Waals surface area contributed by atoms with Crippen molar-refractivity contribution in [1.29, 1.82) is 0 Å². The molecule has 0 aromatic heterocycles. The molecule has 0 N–H and O–H groups in total. The lowest BCUT2D eigenvalue weighted by atomic mass is 10.2. The molecule has 0 atom stereocenters. The van der Waals surface area contributed by atoms with E-state index in [1.807, 2.05) is 36.4 Å². The summed E-state index contributed by atoms with van der Waals surface area (Å²) in [6.07, 6.45) is 10.2. The molecule has 1 aliphatic heterocycles. The minimum Gasteiger partial charge on any atom is -0.339 e. The molecule has 2 rings (SSSR count). The van der Waals surface area contributed by atoms with E-state index in [0.717, 1.165) is 5.56 Å². The first-order valence-electron chi connectivity index (χ1n) is 5.09. The molecule has 1 aromatic carbocycles. The standard InChI is InChI=1S/C13H10N2O2/c16-13-10-4-2-1-3-7-11-8-5-6-9-12(11)17-15-14-13/h1-10H/b2-1-,7-3-,10-4-,15-14?. The molecule has 1 aliphatic rings. The Morgan fingerprint density at radius 1 is 0.941 bits per heavy atom. The first kappa shape index (κ1) is 11.0. The molecule has 0 unspecified atom stereocenters. The van der Waals surface area contributed by atoms with Crippen molar-refractivity contribution in [3.63, 3.8) is 0 Å². The van der Waals surface area contributed by atoms with Crippen LogP contribution in [0.25, 0.3) is 6.08 Å². The van der Waals surface area contributed by atoms with Gasteiger partial charge in [0.25, 0.3) is 5.91 Å². The lowest BCUT2D eigenvalue weighted by Gasteiger charge is -2.01. The fourth-order valence-electron chi connectivity index (χ4n) is 1.26. The number of allylic oxidation sites excluding steroid dienone is 4. The lowest BCUT2D eigenvalue weighted by molar-refractivity contribution is -0.114. The summed E-state index contributed by atoms with van der Waals surface area (Å²) in [6.45, 7) is 0. The van der Waals surface area contributed by atoms with Crippen LogP contribution in [-0.4, -0.2) is 5.91 Å². The van der Waals surface area contributed by atoms with Crippen LogP contribution in [0, 0.1) is 0 Å². The molecule has 0 saturated carbocycles. The van der Waals surface area contributed by atoms with Crippen LogP contribution in [0.2, 0.25) is 0 Å². The van der Waals surface area contributed by atoms with Crippen molar-refractivity contribution >= 4 is 12.0 Å². The number of hydrogen-bond donors (Lipinski definition) is 0. The van der Waals surface area contributed by atoms with Crippen LogP contribution < -0.4 is 4.84 Å². The van der Waals surface area contributed by atoms with Crippen molar-refractivity contribution in [1.82, 2.24) is 0 Å². The van der Waals surface area contributed by atoms with Crippen LogP contribution in [-0.2, 0) is 4.79 Å². The maximum Gasteiger partial charge on any atom is 0.291 e. The summed E-state index contributed by atoms with van der Waals surface area (Å²) in [5.74, 6) is 0.0925. The van der Waals surface area contributed by atoms with Gasteiger partial charge in [0, 0.05) is 16.9 Å². The predicted molar refractivity (Wildman–Crippen MR) is 64.2 cm³/mol. The number of para-hydroxylation sites is 1. The average Bonchev–Trinajstić information content (AvgIpc) is 2.33. The zero-order valence-corrected chi connectivity index (χ0v) is 8.98. The first-order chi connectivity index (χ1) is 8.36. The van der Waals surface area contributed by atoms with E-state index in [9.17, 15) is 4.79 Å². The van der Waals surface area contributed by atoms with Crippen molar-refractivity contribution in [3.8, 4) is 5.75 Å². The van der Waals surface area contributed by atoms with Gasteiger partial charge in [0.1, 0.15) is 0 Å². The van der Waals surface area contributed by atoms with E-state index in [-0.39, 0.29) is 0 Å². The summed E-state index contributed by atoms with van der Waals surface area (Å²) in [7, 11) is 0. The van der Waals surface area contributed by atoms with E-state index in [4.69, 9.17) is 4.84 Å². The Hall–Kier alpha value is -2.49. The number of hydrogen-bond acceptors (Lipinski definition) is 3. The second kappa shape index (κ2) is 5.55. The number of fused-ring (bicyclic) bond motifs is 1. The van der Waals surface area contributed by atoms with Crippen molar-refractivity contribution in [2.24, 2.45) is 10.4 Å². The minimum absolute atomic E-state index is 0.461. The van der Waals surface area contributed by atoms with Gasteiger partial charge in [-0.1, -0.05) is 53.7 Å². The second-order valence-electron chi connectivity index (χ2n) is 3.25. The highest BCUT2D eigenvalue weighted by molar-refractivity contribution is 5.88. The Kier molecular flexibility index (Phi) is 3.60. The number of rotatable bonds is 0. The number of nitrogens with zero attached hydrogens (tertiary/aromatic N) is 2. The van der Waals surface area contributed by atoms with Gasteiger partial charge < -0.3 is 4.84 Å². The van der Waals surface area contributed by atoms with E-state index in [1.165, 1.54) is 6.08 Å². The summed E-state index contributed by atoms with van der Waals surface area (Å²) in [4.78, 5) is 16.2. The molecule has 1 heterocycles. The molecule has 1 aromatic rings. The molecule has 84 valence electrons. The lowest BCUT2D eigenvalue weighted by Crippen LogP contribution is -1.89. The Bertz CT molecular complexity index is 528. The summed E-state index contributed by atoms with van der Waals surface area (Å²) < 4.78 is 0. The number of benzene rings is 1. The Balaban J connectivity index is 2.35. The van der Waals surface area contributed by atoms with Gasteiger partial charge in [-0.25, -0.2) is 0 Å². The van der Waals surface area contributed by atoms with E-state index < -0.39 is 5.91 Å². The molecule has 0 aliphatic carbocycles. The molecule has 4 heteroatoms.